The molecule has 0 aromatic heterocycles. The molecule has 6 nitrogen and oxygen atoms in total. The molecule has 0 aliphatic carbocycles. The van der Waals surface area contributed by atoms with Crippen LogP contribution in [-0.4, -0.2) is 12.2 Å². The summed E-state index contributed by atoms with van der Waals surface area (Å²) in [4.78, 5) is 0. The molecule has 0 amide bonds. The van der Waals surface area contributed by atoms with E-state index in [-0.39, 0.29) is 5.75 Å². The van der Waals surface area contributed by atoms with Crippen LogP contribution in [0, 0.1) is 0 Å². The molecule has 0 aliphatic rings. The Labute approximate surface area is 133 Å². The number of nitrogens with zero attached hydrogens (tertiary/aromatic N) is 4. The third kappa shape index (κ3) is 2.87. The maximum atomic E-state index is 10.4. The molecule has 0 saturated heterocycles. The summed E-state index contributed by atoms with van der Waals surface area (Å²) in [6, 6.07) is 16.5. The SMILES string of the molecule is CN=Nc1ccc2ccc(N=Nc3ccccc3)c(N)c2c1O. The van der Waals surface area contributed by atoms with E-state index in [1.54, 1.807) is 12.1 Å². The van der Waals surface area contributed by atoms with E-state index >= 15 is 0 Å². The average Bonchev–Trinajstić information content (AvgIpc) is 2.58. The first-order valence-corrected chi connectivity index (χ1v) is 7.01. The molecule has 23 heavy (non-hydrogen) atoms. The van der Waals surface area contributed by atoms with Crippen LogP contribution in [0.5, 0.6) is 5.75 Å². The Morgan fingerprint density at radius 3 is 2.22 bits per heavy atom. The zero-order valence-electron chi connectivity index (χ0n) is 12.5. The highest BCUT2D eigenvalue weighted by Crippen LogP contribution is 2.42. The van der Waals surface area contributed by atoms with Gasteiger partial charge in [0, 0.05) is 7.05 Å². The van der Waals surface area contributed by atoms with Crippen LogP contribution >= 0.6 is 0 Å². The lowest BCUT2D eigenvalue weighted by Gasteiger charge is -2.08. The van der Waals surface area contributed by atoms with Gasteiger partial charge < -0.3 is 10.8 Å². The number of nitrogen functional groups attached to an aromatic ring is 1. The van der Waals surface area contributed by atoms with Crippen molar-refractivity contribution in [2.45, 2.75) is 0 Å². The first-order valence-electron chi connectivity index (χ1n) is 7.01. The zero-order valence-corrected chi connectivity index (χ0v) is 12.5. The first-order chi connectivity index (χ1) is 11.2. The Morgan fingerprint density at radius 1 is 0.826 bits per heavy atom. The van der Waals surface area contributed by atoms with E-state index in [1.807, 2.05) is 42.5 Å². The molecule has 114 valence electrons. The van der Waals surface area contributed by atoms with E-state index in [0.29, 0.717) is 22.4 Å². The fourth-order valence-corrected chi connectivity index (χ4v) is 2.29. The van der Waals surface area contributed by atoms with Gasteiger partial charge in [-0.2, -0.15) is 15.3 Å². The molecule has 3 aromatic carbocycles. The number of rotatable bonds is 3. The van der Waals surface area contributed by atoms with Gasteiger partial charge in [0.05, 0.1) is 16.8 Å². The summed E-state index contributed by atoms with van der Waals surface area (Å²) in [5, 5.41) is 27.6. The van der Waals surface area contributed by atoms with Crippen molar-refractivity contribution < 1.29 is 5.11 Å². The van der Waals surface area contributed by atoms with Crippen LogP contribution in [0.2, 0.25) is 0 Å². The number of phenols is 1. The summed E-state index contributed by atoms with van der Waals surface area (Å²) in [5.74, 6) is -0.0117. The van der Waals surface area contributed by atoms with Crippen molar-refractivity contribution in [2.75, 3.05) is 12.8 Å². The normalized spacial score (nSPS) is 11.7. The van der Waals surface area contributed by atoms with Crippen molar-refractivity contribution in [3.05, 3.63) is 54.6 Å². The van der Waals surface area contributed by atoms with E-state index in [0.717, 1.165) is 11.1 Å². The second kappa shape index (κ2) is 6.23. The minimum atomic E-state index is -0.0117. The van der Waals surface area contributed by atoms with E-state index < -0.39 is 0 Å². The summed E-state index contributed by atoms with van der Waals surface area (Å²) in [6.07, 6.45) is 0. The standard InChI is InChI=1S/C17H15N5O/c1-19-21-14-10-8-11-7-9-13(16(18)15(11)17(14)23)22-20-12-5-3-2-4-6-12/h2-10,23H,18H2,1H3. The van der Waals surface area contributed by atoms with Crippen molar-refractivity contribution in [1.29, 1.82) is 0 Å². The van der Waals surface area contributed by atoms with Gasteiger partial charge in [0.25, 0.3) is 0 Å². The Kier molecular flexibility index (Phi) is 3.97. The zero-order chi connectivity index (χ0) is 16.2. The van der Waals surface area contributed by atoms with Gasteiger partial charge in [0.1, 0.15) is 11.4 Å². The van der Waals surface area contributed by atoms with Crippen LogP contribution in [0.4, 0.5) is 22.7 Å². The molecular weight excluding hydrogens is 290 g/mol. The second-order valence-electron chi connectivity index (χ2n) is 4.87. The number of aromatic hydroxyl groups is 1. The molecule has 6 heteroatoms. The van der Waals surface area contributed by atoms with Gasteiger partial charge in [-0.1, -0.05) is 30.3 Å². The summed E-state index contributed by atoms with van der Waals surface area (Å²) in [6.45, 7) is 0. The van der Waals surface area contributed by atoms with Crippen molar-refractivity contribution in [1.82, 2.24) is 0 Å². The van der Waals surface area contributed by atoms with Crippen molar-refractivity contribution in [3.8, 4) is 5.75 Å². The van der Waals surface area contributed by atoms with E-state index in [4.69, 9.17) is 5.73 Å². The number of hydrogen-bond donors (Lipinski definition) is 2. The van der Waals surface area contributed by atoms with Crippen LogP contribution < -0.4 is 5.73 Å². The molecule has 3 N–H and O–H groups in total. The molecule has 0 bridgehead atoms. The lowest BCUT2D eigenvalue weighted by Crippen LogP contribution is -1.88. The maximum absolute atomic E-state index is 10.4. The maximum Gasteiger partial charge on any atom is 0.153 e. The predicted octanol–water partition coefficient (Wildman–Crippen LogP) is 5.26. The van der Waals surface area contributed by atoms with Crippen LogP contribution in [0.3, 0.4) is 0 Å². The number of azo groups is 2. The number of nitrogens with two attached hydrogens (primary N) is 1. The van der Waals surface area contributed by atoms with Gasteiger partial charge >= 0.3 is 0 Å². The number of anilines is 1. The molecule has 0 saturated carbocycles. The van der Waals surface area contributed by atoms with E-state index in [1.165, 1.54) is 7.05 Å². The molecular formula is C17H15N5O. The third-order valence-electron chi connectivity index (χ3n) is 3.39. The minimum absolute atomic E-state index is 0.0117. The third-order valence-corrected chi connectivity index (χ3v) is 3.39. The number of fused-ring (bicyclic) bond motifs is 1. The monoisotopic (exact) mass is 305 g/mol. The van der Waals surface area contributed by atoms with Crippen molar-refractivity contribution >= 4 is 33.5 Å². The first kappa shape index (κ1) is 14.6. The van der Waals surface area contributed by atoms with Gasteiger partial charge in [-0.15, -0.1) is 5.11 Å². The summed E-state index contributed by atoms with van der Waals surface area (Å²) < 4.78 is 0. The number of hydrogen-bond acceptors (Lipinski definition) is 6. The summed E-state index contributed by atoms with van der Waals surface area (Å²) >= 11 is 0. The van der Waals surface area contributed by atoms with E-state index in [9.17, 15) is 5.11 Å². The Balaban J connectivity index is 2.11. The van der Waals surface area contributed by atoms with Crippen molar-refractivity contribution in [3.63, 3.8) is 0 Å². The predicted molar refractivity (Wildman–Crippen MR) is 91.1 cm³/mol. The average molecular weight is 305 g/mol. The van der Waals surface area contributed by atoms with Crippen LogP contribution in [0.25, 0.3) is 10.8 Å². The largest absolute Gasteiger partial charge is 0.505 e. The van der Waals surface area contributed by atoms with Crippen molar-refractivity contribution in [2.24, 2.45) is 20.5 Å². The highest BCUT2D eigenvalue weighted by Gasteiger charge is 2.12. The van der Waals surface area contributed by atoms with Gasteiger partial charge in [-0.25, -0.2) is 0 Å². The number of benzene rings is 3. The molecule has 0 aliphatic heterocycles. The minimum Gasteiger partial charge on any atom is -0.505 e. The fourth-order valence-electron chi connectivity index (χ4n) is 2.29. The molecule has 0 heterocycles. The lowest BCUT2D eigenvalue weighted by atomic mass is 10.1. The highest BCUT2D eigenvalue weighted by molar-refractivity contribution is 6.04. The fraction of sp³-hybridized carbons (Fsp3) is 0.0588. The summed E-state index contributed by atoms with van der Waals surface area (Å²) in [5.41, 5.74) is 8.10. The van der Waals surface area contributed by atoms with Gasteiger partial charge in [-0.3, -0.25) is 0 Å². The molecule has 0 atom stereocenters. The molecule has 3 aromatic rings. The molecule has 0 spiro atoms. The smallest absolute Gasteiger partial charge is 0.153 e. The van der Waals surface area contributed by atoms with Gasteiger partial charge in [0.2, 0.25) is 0 Å². The van der Waals surface area contributed by atoms with Gasteiger partial charge in [0.15, 0.2) is 5.75 Å². The van der Waals surface area contributed by atoms with E-state index in [2.05, 4.69) is 20.5 Å². The Hall–Kier alpha value is -3.28. The highest BCUT2D eigenvalue weighted by atomic mass is 16.3. The molecule has 0 unspecified atom stereocenters. The molecule has 3 rings (SSSR count). The van der Waals surface area contributed by atoms with Crippen LogP contribution in [0.15, 0.2) is 75.1 Å². The molecule has 0 radical (unpaired) electrons. The van der Waals surface area contributed by atoms with Crippen LogP contribution in [-0.2, 0) is 0 Å². The van der Waals surface area contributed by atoms with Gasteiger partial charge in [-0.05, 0) is 29.7 Å². The Morgan fingerprint density at radius 2 is 1.52 bits per heavy atom. The Bertz CT molecular complexity index is 904. The number of phenolic OH excluding ortho intramolecular Hbond substituents is 1. The summed E-state index contributed by atoms with van der Waals surface area (Å²) in [7, 11) is 1.54. The van der Waals surface area contributed by atoms with Crippen LogP contribution in [0.1, 0.15) is 0 Å². The molecule has 0 fully saturated rings. The lowest BCUT2D eigenvalue weighted by molar-refractivity contribution is 0.483. The topological polar surface area (TPSA) is 95.7 Å². The second-order valence-corrected chi connectivity index (χ2v) is 4.87. The quantitative estimate of drug-likeness (QED) is 0.510.